The lowest BCUT2D eigenvalue weighted by atomic mass is 10.1. The van der Waals surface area contributed by atoms with Crippen LogP contribution in [0.4, 0.5) is 10.1 Å². The highest BCUT2D eigenvalue weighted by atomic mass is 19.1. The molecule has 0 radical (unpaired) electrons. The Morgan fingerprint density at radius 1 is 1.35 bits per heavy atom. The fourth-order valence-corrected chi connectivity index (χ4v) is 3.57. The second-order valence-corrected chi connectivity index (χ2v) is 7.22. The number of aliphatic hydroxyl groups is 1. The summed E-state index contributed by atoms with van der Waals surface area (Å²) in [6.45, 7) is 1.16. The lowest BCUT2D eigenvalue weighted by Crippen LogP contribution is -2.32. The monoisotopic (exact) mass is 358 g/mol. The summed E-state index contributed by atoms with van der Waals surface area (Å²) in [4.78, 5) is 14.0. The Kier molecular flexibility index (Phi) is 4.74. The van der Waals surface area contributed by atoms with Gasteiger partial charge in [0.15, 0.2) is 0 Å². The number of hydrogen-bond acceptors (Lipinski definition) is 4. The van der Waals surface area contributed by atoms with E-state index in [0.717, 1.165) is 19.3 Å². The molecule has 6 nitrogen and oxygen atoms in total. The Morgan fingerprint density at radius 3 is 2.88 bits per heavy atom. The quantitative estimate of drug-likeness (QED) is 0.830. The maximum atomic E-state index is 13.9. The summed E-state index contributed by atoms with van der Waals surface area (Å²) in [6.07, 6.45) is 6.17. The fraction of sp³-hybridized carbons (Fsp3) is 0.474. The van der Waals surface area contributed by atoms with Crippen LogP contribution in [0.15, 0.2) is 36.7 Å². The number of nitrogens with zero attached hydrogens (tertiary/aromatic N) is 3. The minimum Gasteiger partial charge on any atom is -0.395 e. The van der Waals surface area contributed by atoms with Gasteiger partial charge in [0.1, 0.15) is 5.82 Å². The van der Waals surface area contributed by atoms with Gasteiger partial charge in [-0.05, 0) is 25.3 Å². The van der Waals surface area contributed by atoms with E-state index >= 15 is 0 Å². The minimum absolute atomic E-state index is 0.0253. The third-order valence-corrected chi connectivity index (χ3v) is 5.24. The summed E-state index contributed by atoms with van der Waals surface area (Å²) in [5, 5.41) is 17.0. The first-order chi connectivity index (χ1) is 12.6. The van der Waals surface area contributed by atoms with Crippen LogP contribution in [0.1, 0.15) is 30.9 Å². The van der Waals surface area contributed by atoms with Crippen molar-refractivity contribution in [3.63, 3.8) is 0 Å². The molecule has 2 aromatic rings. The first-order valence-corrected chi connectivity index (χ1v) is 9.07. The molecule has 2 fully saturated rings. The van der Waals surface area contributed by atoms with Crippen molar-refractivity contribution in [2.24, 2.45) is 5.92 Å². The van der Waals surface area contributed by atoms with Crippen LogP contribution in [0, 0.1) is 11.7 Å². The fourth-order valence-electron chi connectivity index (χ4n) is 3.57. The van der Waals surface area contributed by atoms with Crippen LogP contribution in [0.5, 0.6) is 0 Å². The average molecular weight is 358 g/mol. The largest absolute Gasteiger partial charge is 0.395 e. The highest BCUT2D eigenvalue weighted by molar-refractivity contribution is 5.93. The van der Waals surface area contributed by atoms with E-state index < -0.39 is 0 Å². The van der Waals surface area contributed by atoms with Crippen LogP contribution in [-0.4, -0.2) is 44.9 Å². The van der Waals surface area contributed by atoms with E-state index in [0.29, 0.717) is 24.3 Å². The molecule has 7 heteroatoms. The Balaban J connectivity index is 1.42. The molecule has 2 heterocycles. The van der Waals surface area contributed by atoms with Gasteiger partial charge in [0.2, 0.25) is 5.91 Å². The lowest BCUT2D eigenvalue weighted by Gasteiger charge is -2.22. The molecule has 4 rings (SSSR count). The van der Waals surface area contributed by atoms with Crippen LogP contribution in [0.25, 0.3) is 0 Å². The molecule has 1 saturated heterocycles. The lowest BCUT2D eigenvalue weighted by molar-refractivity contribution is -0.117. The van der Waals surface area contributed by atoms with Gasteiger partial charge in [-0.3, -0.25) is 14.4 Å². The molecule has 0 unspecified atom stereocenters. The standard InChI is InChI=1S/C19H23FN4O2/c20-18-4-2-1-3-14(18)9-23-11-16(7-17(23)12-25)24-10-15(8-21-24)22-19(26)13-5-6-13/h1-4,8,10,13,16-17,25H,5-7,9,11-12H2,(H,22,26)/t16-,17-/m0/s1. The van der Waals surface area contributed by atoms with Crippen molar-refractivity contribution >= 4 is 11.6 Å². The average Bonchev–Trinajstić information content (AvgIpc) is 3.26. The number of likely N-dealkylation sites (tertiary alicyclic amines) is 1. The summed E-state index contributed by atoms with van der Waals surface area (Å²) in [5.74, 6) is -0.0120. The van der Waals surface area contributed by atoms with Crippen LogP contribution in [-0.2, 0) is 11.3 Å². The third-order valence-electron chi connectivity index (χ3n) is 5.24. The molecule has 1 aliphatic carbocycles. The summed E-state index contributed by atoms with van der Waals surface area (Å²) in [7, 11) is 0. The number of carbonyl (C=O) groups excluding carboxylic acids is 1. The number of aromatic nitrogens is 2. The smallest absolute Gasteiger partial charge is 0.227 e. The van der Waals surface area contributed by atoms with E-state index in [2.05, 4.69) is 15.3 Å². The van der Waals surface area contributed by atoms with Gasteiger partial charge in [-0.15, -0.1) is 0 Å². The SMILES string of the molecule is O=C(Nc1cnn([C@H]2C[C@@H](CO)N(Cc3ccccc3F)C2)c1)C1CC1. The van der Waals surface area contributed by atoms with Gasteiger partial charge < -0.3 is 10.4 Å². The Hall–Kier alpha value is -2.25. The second kappa shape index (κ2) is 7.17. The van der Waals surface area contributed by atoms with Gasteiger partial charge >= 0.3 is 0 Å². The van der Waals surface area contributed by atoms with E-state index in [4.69, 9.17) is 0 Å². The highest BCUT2D eigenvalue weighted by Gasteiger charge is 2.34. The third kappa shape index (κ3) is 3.64. The first kappa shape index (κ1) is 17.2. The Morgan fingerprint density at radius 2 is 2.15 bits per heavy atom. The van der Waals surface area contributed by atoms with Crippen molar-refractivity contribution in [2.45, 2.75) is 37.9 Å². The van der Waals surface area contributed by atoms with Crippen molar-refractivity contribution in [1.82, 2.24) is 14.7 Å². The Bertz CT molecular complexity index is 789. The molecule has 2 aliphatic rings. The molecule has 1 amide bonds. The molecule has 0 spiro atoms. The van der Waals surface area contributed by atoms with Crippen LogP contribution >= 0.6 is 0 Å². The molecule has 26 heavy (non-hydrogen) atoms. The van der Waals surface area contributed by atoms with Crippen LogP contribution in [0.3, 0.4) is 0 Å². The second-order valence-electron chi connectivity index (χ2n) is 7.22. The molecule has 138 valence electrons. The van der Waals surface area contributed by atoms with E-state index in [9.17, 15) is 14.3 Å². The number of anilines is 1. The first-order valence-electron chi connectivity index (χ1n) is 9.07. The van der Waals surface area contributed by atoms with Crippen LogP contribution < -0.4 is 5.32 Å². The molecule has 1 aromatic carbocycles. The maximum Gasteiger partial charge on any atom is 0.227 e. The zero-order chi connectivity index (χ0) is 18.1. The van der Waals surface area contributed by atoms with Crippen LogP contribution in [0.2, 0.25) is 0 Å². The van der Waals surface area contributed by atoms with Crippen molar-refractivity contribution in [1.29, 1.82) is 0 Å². The van der Waals surface area contributed by atoms with Gasteiger partial charge in [0, 0.05) is 36.8 Å². The van der Waals surface area contributed by atoms with Gasteiger partial charge in [-0.2, -0.15) is 5.10 Å². The highest BCUT2D eigenvalue weighted by Crippen LogP contribution is 2.31. The number of rotatable bonds is 6. The number of carbonyl (C=O) groups is 1. The van der Waals surface area contributed by atoms with Crippen molar-refractivity contribution < 1.29 is 14.3 Å². The molecular weight excluding hydrogens is 335 g/mol. The van der Waals surface area contributed by atoms with E-state index in [1.54, 1.807) is 18.3 Å². The number of hydrogen-bond donors (Lipinski definition) is 2. The van der Waals surface area contributed by atoms with Gasteiger partial charge in [-0.1, -0.05) is 18.2 Å². The number of halogens is 1. The zero-order valence-electron chi connectivity index (χ0n) is 14.5. The summed E-state index contributed by atoms with van der Waals surface area (Å²) >= 11 is 0. The topological polar surface area (TPSA) is 70.4 Å². The van der Waals surface area contributed by atoms with Crippen molar-refractivity contribution in [3.05, 3.63) is 48.0 Å². The molecule has 1 aliphatic heterocycles. The number of nitrogens with one attached hydrogen (secondary N) is 1. The summed E-state index contributed by atoms with van der Waals surface area (Å²) in [5.41, 5.74) is 1.33. The molecule has 2 N–H and O–H groups in total. The molecule has 2 atom stereocenters. The molecule has 1 aromatic heterocycles. The zero-order valence-corrected chi connectivity index (χ0v) is 14.5. The molecule has 0 bridgehead atoms. The predicted molar refractivity (Wildman–Crippen MR) is 94.9 cm³/mol. The summed E-state index contributed by atoms with van der Waals surface area (Å²) < 4.78 is 15.8. The Labute approximate surface area is 151 Å². The minimum atomic E-state index is -0.225. The van der Waals surface area contributed by atoms with Crippen molar-refractivity contribution in [2.75, 3.05) is 18.5 Å². The predicted octanol–water partition coefficient (Wildman–Crippen LogP) is 2.18. The van der Waals surface area contributed by atoms with Gasteiger partial charge in [-0.25, -0.2) is 4.39 Å². The summed E-state index contributed by atoms with van der Waals surface area (Å²) in [6, 6.07) is 6.78. The normalized spacial score (nSPS) is 23.3. The van der Waals surface area contributed by atoms with Gasteiger partial charge in [0.25, 0.3) is 0 Å². The number of amides is 1. The molecule has 1 saturated carbocycles. The van der Waals surface area contributed by atoms with E-state index in [1.165, 1.54) is 6.07 Å². The van der Waals surface area contributed by atoms with Gasteiger partial charge in [0.05, 0.1) is 24.5 Å². The van der Waals surface area contributed by atoms with E-state index in [-0.39, 0.29) is 36.3 Å². The number of aliphatic hydroxyl groups excluding tert-OH is 1. The van der Waals surface area contributed by atoms with E-state index in [1.807, 2.05) is 16.9 Å². The number of benzene rings is 1. The maximum absolute atomic E-state index is 13.9. The molecular formula is C19H23FN4O2. The van der Waals surface area contributed by atoms with Crippen molar-refractivity contribution in [3.8, 4) is 0 Å².